The van der Waals surface area contributed by atoms with Gasteiger partial charge in [-0.3, -0.25) is 0 Å². The minimum Gasteiger partial charge on any atom is -0.486 e. The maximum Gasteiger partial charge on any atom is 0.166 e. The van der Waals surface area contributed by atoms with Crippen LogP contribution < -0.4 is 14.8 Å². The quantitative estimate of drug-likeness (QED) is 0.898. The van der Waals surface area contributed by atoms with Crippen molar-refractivity contribution in [3.05, 3.63) is 52.0 Å². The summed E-state index contributed by atoms with van der Waals surface area (Å²) in [4.78, 5) is 0. The van der Waals surface area contributed by atoms with Gasteiger partial charge in [-0.15, -0.1) is 0 Å². The standard InChI is InChI=1S/C15H12BrF2NO2/c16-11-6-10(17)7-12(18)14(11)19-8-9-2-1-3-13-15(9)21-5-4-20-13/h1-3,6-7,19H,4-5,8H2. The van der Waals surface area contributed by atoms with Crippen LogP contribution in [0.4, 0.5) is 14.5 Å². The second-order valence-electron chi connectivity index (χ2n) is 4.54. The topological polar surface area (TPSA) is 30.5 Å². The number of benzene rings is 2. The fourth-order valence-electron chi connectivity index (χ4n) is 2.17. The molecule has 1 aliphatic heterocycles. The highest BCUT2D eigenvalue weighted by atomic mass is 79.9. The molecule has 0 saturated heterocycles. The first kappa shape index (κ1) is 14.1. The van der Waals surface area contributed by atoms with Crippen LogP contribution in [-0.2, 0) is 6.54 Å². The van der Waals surface area contributed by atoms with E-state index in [1.807, 2.05) is 18.2 Å². The summed E-state index contributed by atoms with van der Waals surface area (Å²) in [6.07, 6.45) is 0. The van der Waals surface area contributed by atoms with Gasteiger partial charge in [-0.1, -0.05) is 12.1 Å². The SMILES string of the molecule is Fc1cc(F)c(NCc2cccc3c2OCCO3)c(Br)c1. The van der Waals surface area contributed by atoms with E-state index in [9.17, 15) is 8.78 Å². The van der Waals surface area contributed by atoms with E-state index in [1.54, 1.807) is 0 Å². The Balaban J connectivity index is 1.83. The molecular weight excluding hydrogens is 344 g/mol. The third-order valence-electron chi connectivity index (χ3n) is 3.11. The molecule has 1 N–H and O–H groups in total. The molecule has 0 aliphatic carbocycles. The zero-order valence-corrected chi connectivity index (χ0v) is 12.5. The molecule has 0 amide bonds. The van der Waals surface area contributed by atoms with Crippen molar-refractivity contribution >= 4 is 21.6 Å². The monoisotopic (exact) mass is 355 g/mol. The van der Waals surface area contributed by atoms with Gasteiger partial charge in [-0.05, 0) is 28.1 Å². The van der Waals surface area contributed by atoms with Crippen molar-refractivity contribution in [2.75, 3.05) is 18.5 Å². The van der Waals surface area contributed by atoms with Crippen molar-refractivity contribution in [3.8, 4) is 11.5 Å². The second kappa shape index (κ2) is 5.89. The van der Waals surface area contributed by atoms with E-state index >= 15 is 0 Å². The molecule has 2 aromatic carbocycles. The van der Waals surface area contributed by atoms with E-state index in [2.05, 4.69) is 21.2 Å². The van der Waals surface area contributed by atoms with Crippen molar-refractivity contribution in [1.82, 2.24) is 0 Å². The number of nitrogens with one attached hydrogen (secondary N) is 1. The Morgan fingerprint density at radius 2 is 1.95 bits per heavy atom. The lowest BCUT2D eigenvalue weighted by Gasteiger charge is -2.21. The van der Waals surface area contributed by atoms with Gasteiger partial charge >= 0.3 is 0 Å². The van der Waals surface area contributed by atoms with Crippen LogP contribution >= 0.6 is 15.9 Å². The molecule has 3 nitrogen and oxygen atoms in total. The summed E-state index contributed by atoms with van der Waals surface area (Å²) in [7, 11) is 0. The Labute approximate surface area is 129 Å². The van der Waals surface area contributed by atoms with Crippen molar-refractivity contribution < 1.29 is 18.3 Å². The van der Waals surface area contributed by atoms with Gasteiger partial charge in [0.1, 0.15) is 24.8 Å². The number of para-hydroxylation sites is 1. The molecular formula is C15H12BrF2NO2. The van der Waals surface area contributed by atoms with Crippen LogP contribution in [0, 0.1) is 11.6 Å². The number of halogens is 3. The number of ether oxygens (including phenoxy) is 2. The Kier molecular flexibility index (Phi) is 3.96. The molecule has 0 radical (unpaired) electrons. The zero-order chi connectivity index (χ0) is 14.8. The van der Waals surface area contributed by atoms with E-state index < -0.39 is 11.6 Å². The Morgan fingerprint density at radius 1 is 1.14 bits per heavy atom. The largest absolute Gasteiger partial charge is 0.486 e. The van der Waals surface area contributed by atoms with Crippen molar-refractivity contribution in [1.29, 1.82) is 0 Å². The van der Waals surface area contributed by atoms with E-state index in [0.717, 1.165) is 11.6 Å². The van der Waals surface area contributed by atoms with Gasteiger partial charge in [0.15, 0.2) is 11.5 Å². The number of hydrogen-bond acceptors (Lipinski definition) is 3. The van der Waals surface area contributed by atoms with Crippen molar-refractivity contribution in [2.45, 2.75) is 6.54 Å². The first-order valence-corrected chi connectivity index (χ1v) is 7.20. The average Bonchev–Trinajstić information content (AvgIpc) is 2.46. The van der Waals surface area contributed by atoms with Gasteiger partial charge in [0.05, 0.1) is 5.69 Å². The summed E-state index contributed by atoms with van der Waals surface area (Å²) in [5.41, 5.74) is 1.06. The summed E-state index contributed by atoms with van der Waals surface area (Å²) in [5, 5.41) is 2.95. The van der Waals surface area contributed by atoms with Gasteiger partial charge in [0.2, 0.25) is 0 Å². The summed E-state index contributed by atoms with van der Waals surface area (Å²) >= 11 is 3.15. The smallest absolute Gasteiger partial charge is 0.166 e. The molecule has 0 unspecified atom stereocenters. The molecule has 1 heterocycles. The molecule has 6 heteroatoms. The highest BCUT2D eigenvalue weighted by Crippen LogP contribution is 2.35. The summed E-state index contributed by atoms with van der Waals surface area (Å²) in [6, 6.07) is 7.60. The summed E-state index contributed by atoms with van der Waals surface area (Å²) < 4.78 is 38.2. The van der Waals surface area contributed by atoms with Crippen LogP contribution in [0.15, 0.2) is 34.8 Å². The van der Waals surface area contributed by atoms with Crippen LogP contribution in [-0.4, -0.2) is 13.2 Å². The van der Waals surface area contributed by atoms with Crippen LogP contribution in [0.3, 0.4) is 0 Å². The van der Waals surface area contributed by atoms with E-state index in [-0.39, 0.29) is 5.69 Å². The van der Waals surface area contributed by atoms with Crippen LogP contribution in [0.25, 0.3) is 0 Å². The molecule has 3 rings (SSSR count). The highest BCUT2D eigenvalue weighted by molar-refractivity contribution is 9.10. The molecule has 110 valence electrons. The number of hydrogen-bond donors (Lipinski definition) is 1. The van der Waals surface area contributed by atoms with E-state index in [4.69, 9.17) is 9.47 Å². The Morgan fingerprint density at radius 3 is 2.76 bits per heavy atom. The minimum atomic E-state index is -0.649. The Bertz CT molecular complexity index is 656. The van der Waals surface area contributed by atoms with Crippen LogP contribution in [0.5, 0.6) is 11.5 Å². The van der Waals surface area contributed by atoms with Gasteiger partial charge in [0.25, 0.3) is 0 Å². The third-order valence-corrected chi connectivity index (χ3v) is 3.74. The summed E-state index contributed by atoms with van der Waals surface area (Å²) in [6.45, 7) is 1.34. The first-order valence-electron chi connectivity index (χ1n) is 6.41. The summed E-state index contributed by atoms with van der Waals surface area (Å²) in [5.74, 6) is 0.0664. The maximum absolute atomic E-state index is 13.8. The second-order valence-corrected chi connectivity index (χ2v) is 5.39. The number of anilines is 1. The number of rotatable bonds is 3. The van der Waals surface area contributed by atoms with Crippen LogP contribution in [0.2, 0.25) is 0 Å². The first-order chi connectivity index (χ1) is 10.1. The maximum atomic E-state index is 13.8. The van der Waals surface area contributed by atoms with Gasteiger partial charge in [0, 0.05) is 22.6 Å². The van der Waals surface area contributed by atoms with Gasteiger partial charge in [-0.2, -0.15) is 0 Å². The average molecular weight is 356 g/mol. The molecule has 0 fully saturated rings. The molecule has 0 spiro atoms. The predicted octanol–water partition coefficient (Wildman–Crippen LogP) is 4.11. The van der Waals surface area contributed by atoms with E-state index in [0.29, 0.717) is 35.7 Å². The normalized spacial score (nSPS) is 13.1. The van der Waals surface area contributed by atoms with Gasteiger partial charge in [-0.25, -0.2) is 8.78 Å². The fraction of sp³-hybridized carbons (Fsp3) is 0.200. The molecule has 0 saturated carbocycles. The molecule has 0 aromatic heterocycles. The predicted molar refractivity (Wildman–Crippen MR) is 78.8 cm³/mol. The van der Waals surface area contributed by atoms with Gasteiger partial charge < -0.3 is 14.8 Å². The van der Waals surface area contributed by atoms with Crippen LogP contribution in [0.1, 0.15) is 5.56 Å². The number of fused-ring (bicyclic) bond motifs is 1. The highest BCUT2D eigenvalue weighted by Gasteiger charge is 2.16. The zero-order valence-electron chi connectivity index (χ0n) is 11.0. The molecule has 21 heavy (non-hydrogen) atoms. The van der Waals surface area contributed by atoms with E-state index in [1.165, 1.54) is 6.07 Å². The molecule has 0 atom stereocenters. The van der Waals surface area contributed by atoms with Crippen molar-refractivity contribution in [3.63, 3.8) is 0 Å². The lowest BCUT2D eigenvalue weighted by atomic mass is 10.1. The molecule has 0 bridgehead atoms. The fourth-order valence-corrected chi connectivity index (χ4v) is 2.72. The molecule has 2 aromatic rings. The third kappa shape index (κ3) is 2.95. The minimum absolute atomic E-state index is 0.214. The van der Waals surface area contributed by atoms with Crippen molar-refractivity contribution in [2.24, 2.45) is 0 Å². The lowest BCUT2D eigenvalue weighted by Crippen LogP contribution is -2.17. The Hall–Kier alpha value is -1.82. The lowest BCUT2D eigenvalue weighted by molar-refractivity contribution is 0.170. The molecule has 1 aliphatic rings.